The predicted octanol–water partition coefficient (Wildman–Crippen LogP) is 3.55. The maximum atomic E-state index is 6.78. The summed E-state index contributed by atoms with van der Waals surface area (Å²) in [6, 6.07) is 0. The van der Waals surface area contributed by atoms with Crippen molar-refractivity contribution in [2.24, 2.45) is 70.0 Å². The number of ether oxygens (including phenoxy) is 4. The molecule has 0 bridgehead atoms. The van der Waals surface area contributed by atoms with Crippen molar-refractivity contribution < 1.29 is 18.9 Å². The summed E-state index contributed by atoms with van der Waals surface area (Å²) in [7, 11) is 3.80. The predicted molar refractivity (Wildman–Crippen MR) is 101 cm³/mol. The van der Waals surface area contributed by atoms with E-state index >= 15 is 0 Å². The highest BCUT2D eigenvalue weighted by molar-refractivity contribution is 5.32. The third kappa shape index (κ3) is 1.32. The Bertz CT molecular complexity index is 693. The van der Waals surface area contributed by atoms with Crippen LogP contribution in [0.4, 0.5) is 0 Å². The molecule has 0 aromatic rings. The first-order valence-corrected chi connectivity index (χ1v) is 11.9. The van der Waals surface area contributed by atoms with Crippen LogP contribution in [-0.4, -0.2) is 39.0 Å². The van der Waals surface area contributed by atoms with Gasteiger partial charge < -0.3 is 18.9 Å². The summed E-state index contributed by atoms with van der Waals surface area (Å²) in [4.78, 5) is 0. The molecule has 0 radical (unpaired) electrons. The Kier molecular flexibility index (Phi) is 2.77. The fourth-order valence-electron chi connectivity index (χ4n) is 12.4. The normalized spacial score (nSPS) is 74.1. The molecule has 2 heterocycles. The summed E-state index contributed by atoms with van der Waals surface area (Å²) >= 11 is 0. The van der Waals surface area contributed by atoms with Crippen LogP contribution < -0.4 is 0 Å². The molecular formula is C24H34O4. The second-order valence-electron chi connectivity index (χ2n) is 12.1. The highest BCUT2D eigenvalue weighted by Crippen LogP contribution is 2.87. The Morgan fingerprint density at radius 2 is 1.04 bits per heavy atom. The summed E-state index contributed by atoms with van der Waals surface area (Å²) in [6.45, 7) is 5.17. The van der Waals surface area contributed by atoms with Crippen molar-refractivity contribution in [1.82, 2.24) is 0 Å². The largest absolute Gasteiger partial charge is 0.355 e. The van der Waals surface area contributed by atoms with E-state index in [-0.39, 0.29) is 23.4 Å². The quantitative estimate of drug-likeness (QED) is 0.727. The number of hydrogen-bond acceptors (Lipinski definition) is 4. The molecule has 8 rings (SSSR count). The SMILES string of the molecule is CO[C@H]1O[C@@H]2CC[C@@H]3[C@@H]2[C@@H]2[C@H]4[C@@H]5[C@H]6[C@H]7[C@H](CC[C@@H]7O[C@H](OC)[C@@]6(C)[C@@H]34)[C@H]5[C@]12C. The fourth-order valence-corrected chi connectivity index (χ4v) is 12.4. The summed E-state index contributed by atoms with van der Waals surface area (Å²) in [6.07, 6.45) is 5.99. The summed E-state index contributed by atoms with van der Waals surface area (Å²) in [5, 5.41) is 0. The maximum Gasteiger partial charge on any atom is 0.163 e. The Morgan fingerprint density at radius 1 is 0.607 bits per heavy atom. The molecule has 6 saturated carbocycles. The van der Waals surface area contributed by atoms with Gasteiger partial charge in [-0.25, -0.2) is 0 Å². The Morgan fingerprint density at radius 3 is 1.43 bits per heavy atom. The van der Waals surface area contributed by atoms with Crippen molar-refractivity contribution in [2.75, 3.05) is 14.2 Å². The lowest BCUT2D eigenvalue weighted by Crippen LogP contribution is -2.56. The van der Waals surface area contributed by atoms with E-state index in [9.17, 15) is 0 Å². The van der Waals surface area contributed by atoms with E-state index in [2.05, 4.69) is 13.8 Å². The molecule has 0 aromatic heterocycles. The number of methoxy groups -OCH3 is 2. The molecule has 16 atom stereocenters. The third-order valence-electron chi connectivity index (χ3n) is 12.2. The first-order valence-electron chi connectivity index (χ1n) is 11.9. The highest BCUT2D eigenvalue weighted by atomic mass is 16.7. The fraction of sp³-hybridized carbons (Fsp3) is 1.00. The van der Waals surface area contributed by atoms with Crippen LogP contribution in [0, 0.1) is 70.0 Å². The van der Waals surface area contributed by atoms with Crippen LogP contribution in [0.1, 0.15) is 39.5 Å². The Hall–Kier alpha value is -0.160. The molecule has 28 heavy (non-hydrogen) atoms. The zero-order valence-corrected chi connectivity index (χ0v) is 17.5. The number of rotatable bonds is 2. The Labute approximate surface area is 168 Å². The minimum Gasteiger partial charge on any atom is -0.355 e. The molecule has 0 amide bonds. The van der Waals surface area contributed by atoms with E-state index in [1.165, 1.54) is 25.7 Å². The molecule has 4 heteroatoms. The van der Waals surface area contributed by atoms with Crippen molar-refractivity contribution in [3.05, 3.63) is 0 Å². The van der Waals surface area contributed by atoms with Crippen LogP contribution in [0.2, 0.25) is 0 Å². The highest BCUT2D eigenvalue weighted by Gasteiger charge is 2.87. The first-order chi connectivity index (χ1) is 13.6. The van der Waals surface area contributed by atoms with E-state index < -0.39 is 0 Å². The second-order valence-corrected chi connectivity index (χ2v) is 12.1. The Balaban J connectivity index is 1.41. The van der Waals surface area contributed by atoms with Gasteiger partial charge in [-0.2, -0.15) is 0 Å². The molecule has 0 spiro atoms. The number of hydrogen-bond donors (Lipinski definition) is 0. The molecule has 0 unspecified atom stereocenters. The molecule has 8 aliphatic rings. The lowest BCUT2D eigenvalue weighted by Gasteiger charge is -2.53. The van der Waals surface area contributed by atoms with Gasteiger partial charge in [0.05, 0.1) is 12.2 Å². The van der Waals surface area contributed by atoms with E-state index in [4.69, 9.17) is 18.9 Å². The van der Waals surface area contributed by atoms with E-state index in [0.717, 1.165) is 59.2 Å². The van der Waals surface area contributed by atoms with Crippen LogP contribution in [-0.2, 0) is 18.9 Å². The van der Waals surface area contributed by atoms with Crippen molar-refractivity contribution >= 4 is 0 Å². The molecule has 154 valence electrons. The maximum absolute atomic E-state index is 6.78. The zero-order chi connectivity index (χ0) is 18.7. The van der Waals surface area contributed by atoms with E-state index in [0.29, 0.717) is 12.2 Å². The van der Waals surface area contributed by atoms with Crippen LogP contribution in [0.15, 0.2) is 0 Å². The van der Waals surface area contributed by atoms with Gasteiger partial charge in [-0.05, 0) is 84.9 Å². The zero-order valence-electron chi connectivity index (χ0n) is 17.5. The van der Waals surface area contributed by atoms with Gasteiger partial charge in [0.1, 0.15) is 0 Å². The standard InChI is InChI=1S/C24H34O4/c1-23-17-9-5-7-12-14(9)20-15(17)16-18(24(20,2)22(26-4)28-12)10-6-8-11(13(10)19(16)23)27-21(23)25-3/h9-22H,5-8H2,1-4H3/t9-,10+,11+,12-,13-,14-,15-,16-,17+,18-,19+,20+,21-,22-,23-,24-/m0/s1. The van der Waals surface area contributed by atoms with Crippen molar-refractivity contribution in [3.63, 3.8) is 0 Å². The van der Waals surface area contributed by atoms with E-state index in [1.54, 1.807) is 0 Å². The van der Waals surface area contributed by atoms with Gasteiger partial charge in [0.15, 0.2) is 12.6 Å². The van der Waals surface area contributed by atoms with Gasteiger partial charge in [0.2, 0.25) is 0 Å². The summed E-state index contributed by atoms with van der Waals surface area (Å²) in [5.41, 5.74) is 0.396. The van der Waals surface area contributed by atoms with Gasteiger partial charge in [0.25, 0.3) is 0 Å². The first kappa shape index (κ1) is 16.5. The molecule has 0 N–H and O–H groups in total. The van der Waals surface area contributed by atoms with Gasteiger partial charge in [-0.1, -0.05) is 13.8 Å². The second kappa shape index (κ2) is 4.69. The van der Waals surface area contributed by atoms with Gasteiger partial charge in [-0.3, -0.25) is 0 Å². The van der Waals surface area contributed by atoms with E-state index in [1.807, 2.05) is 14.2 Å². The number of fused-ring (bicyclic) bond motifs is 4. The average molecular weight is 387 g/mol. The minimum atomic E-state index is -0.00329. The third-order valence-corrected chi connectivity index (χ3v) is 12.2. The summed E-state index contributed by atoms with van der Waals surface area (Å²) in [5.74, 6) is 7.96. The van der Waals surface area contributed by atoms with Crippen molar-refractivity contribution in [2.45, 2.75) is 64.3 Å². The lowest BCUT2D eigenvalue weighted by molar-refractivity contribution is -0.287. The van der Waals surface area contributed by atoms with Gasteiger partial charge in [0, 0.05) is 25.0 Å². The lowest BCUT2D eigenvalue weighted by atomic mass is 9.61. The topological polar surface area (TPSA) is 36.9 Å². The molecule has 2 saturated heterocycles. The molecular weight excluding hydrogens is 352 g/mol. The average Bonchev–Trinajstić information content (AvgIpc) is 3.44. The molecule has 6 aliphatic carbocycles. The molecule has 4 nitrogen and oxygen atoms in total. The smallest absolute Gasteiger partial charge is 0.163 e. The molecule has 2 aliphatic heterocycles. The van der Waals surface area contributed by atoms with Crippen molar-refractivity contribution in [1.29, 1.82) is 0 Å². The molecule has 0 aromatic carbocycles. The van der Waals surface area contributed by atoms with Crippen LogP contribution in [0.5, 0.6) is 0 Å². The summed E-state index contributed by atoms with van der Waals surface area (Å²) < 4.78 is 25.9. The minimum absolute atomic E-state index is 0.00329. The van der Waals surface area contributed by atoms with Gasteiger partial charge >= 0.3 is 0 Å². The monoisotopic (exact) mass is 386 g/mol. The van der Waals surface area contributed by atoms with Crippen LogP contribution >= 0.6 is 0 Å². The van der Waals surface area contributed by atoms with Crippen molar-refractivity contribution in [3.8, 4) is 0 Å². The van der Waals surface area contributed by atoms with Gasteiger partial charge in [-0.15, -0.1) is 0 Å². The molecule has 8 fully saturated rings. The van der Waals surface area contributed by atoms with Crippen LogP contribution in [0.25, 0.3) is 0 Å². The van der Waals surface area contributed by atoms with Crippen LogP contribution in [0.3, 0.4) is 0 Å².